The van der Waals surface area contributed by atoms with E-state index in [2.05, 4.69) is 0 Å². The molecule has 1 aromatic carbocycles. The smallest absolute Gasteiger partial charge is 0.231 e. The number of hydrogen-bond donors (Lipinski definition) is 1. The van der Waals surface area contributed by atoms with Crippen LogP contribution < -0.4 is 10.6 Å². The van der Waals surface area contributed by atoms with Gasteiger partial charge in [0, 0.05) is 12.7 Å². The number of carbonyl (C=O) groups is 1. The first-order valence-corrected chi connectivity index (χ1v) is 4.32. The lowest BCUT2D eigenvalue weighted by molar-refractivity contribution is -0.117. The third-order valence-electron chi connectivity index (χ3n) is 2.28. The summed E-state index contributed by atoms with van der Waals surface area (Å²) >= 11 is 5.84. The summed E-state index contributed by atoms with van der Waals surface area (Å²) in [5.41, 5.74) is 7.97. The largest absolute Gasteiger partial charge is 0.398 e. The van der Waals surface area contributed by atoms with Crippen molar-refractivity contribution in [2.24, 2.45) is 0 Å². The number of nitrogens with zero attached hydrogens (tertiary/aromatic N) is 1. The Bertz CT molecular complexity index is 389. The summed E-state index contributed by atoms with van der Waals surface area (Å²) in [6.07, 6.45) is 0.424. The molecule has 68 valence electrons. The number of rotatable bonds is 0. The second kappa shape index (κ2) is 2.64. The third-order valence-corrected chi connectivity index (χ3v) is 2.60. The summed E-state index contributed by atoms with van der Waals surface area (Å²) < 4.78 is 0. The van der Waals surface area contributed by atoms with Crippen LogP contribution in [0.2, 0.25) is 5.02 Å². The highest BCUT2D eigenvalue weighted by molar-refractivity contribution is 6.33. The molecule has 4 heteroatoms. The van der Waals surface area contributed by atoms with Gasteiger partial charge in [-0.2, -0.15) is 0 Å². The summed E-state index contributed by atoms with van der Waals surface area (Å²) in [6, 6.07) is 3.50. The molecule has 0 saturated carbocycles. The van der Waals surface area contributed by atoms with Crippen LogP contribution in [0.15, 0.2) is 12.1 Å². The SMILES string of the molecule is CN1C(=O)Cc2cc(N)c(Cl)cc21. The molecule has 1 aromatic rings. The predicted molar refractivity (Wildman–Crippen MR) is 53.0 cm³/mol. The standard InChI is InChI=1S/C9H9ClN2O/c1-12-8-4-6(10)7(11)2-5(8)3-9(12)13/h2,4H,3,11H2,1H3. The fraction of sp³-hybridized carbons (Fsp3) is 0.222. The second-order valence-corrected chi connectivity index (χ2v) is 3.54. The number of halogens is 1. The minimum absolute atomic E-state index is 0.0802. The Hall–Kier alpha value is -1.22. The lowest BCUT2D eigenvalue weighted by Crippen LogP contribution is -2.20. The number of benzene rings is 1. The summed E-state index contributed by atoms with van der Waals surface area (Å²) in [4.78, 5) is 12.9. The number of hydrogen-bond acceptors (Lipinski definition) is 2. The normalized spacial score (nSPS) is 14.9. The monoisotopic (exact) mass is 196 g/mol. The van der Waals surface area contributed by atoms with Crippen molar-refractivity contribution < 1.29 is 4.79 Å². The van der Waals surface area contributed by atoms with Gasteiger partial charge < -0.3 is 10.6 Å². The fourth-order valence-electron chi connectivity index (χ4n) is 1.50. The second-order valence-electron chi connectivity index (χ2n) is 3.13. The van der Waals surface area contributed by atoms with Crippen LogP contribution in [0.1, 0.15) is 5.56 Å². The first kappa shape index (κ1) is 8.38. The number of likely N-dealkylation sites (N-methyl/N-ethyl adjacent to an activating group) is 1. The molecule has 0 bridgehead atoms. The molecular weight excluding hydrogens is 188 g/mol. The van der Waals surface area contributed by atoms with Crippen LogP contribution in [-0.2, 0) is 11.2 Å². The van der Waals surface area contributed by atoms with Gasteiger partial charge in [-0.15, -0.1) is 0 Å². The highest BCUT2D eigenvalue weighted by Crippen LogP contribution is 2.33. The molecule has 1 aliphatic heterocycles. The van der Waals surface area contributed by atoms with Crippen LogP contribution in [0, 0.1) is 0 Å². The number of nitrogen functional groups attached to an aromatic ring is 1. The topological polar surface area (TPSA) is 46.3 Å². The number of anilines is 2. The van der Waals surface area contributed by atoms with Crippen LogP contribution in [0.3, 0.4) is 0 Å². The molecule has 0 spiro atoms. The van der Waals surface area contributed by atoms with Crippen molar-refractivity contribution in [2.45, 2.75) is 6.42 Å². The lowest BCUT2D eigenvalue weighted by Gasteiger charge is -2.10. The fourth-order valence-corrected chi connectivity index (χ4v) is 1.65. The molecule has 0 radical (unpaired) electrons. The molecule has 2 N–H and O–H groups in total. The van der Waals surface area contributed by atoms with Crippen molar-refractivity contribution in [1.82, 2.24) is 0 Å². The van der Waals surface area contributed by atoms with Crippen molar-refractivity contribution in [3.63, 3.8) is 0 Å². The van der Waals surface area contributed by atoms with Crippen LogP contribution in [0.5, 0.6) is 0 Å². The maximum absolute atomic E-state index is 11.3. The minimum atomic E-state index is 0.0802. The Morgan fingerprint density at radius 2 is 2.23 bits per heavy atom. The van der Waals surface area contributed by atoms with E-state index in [1.807, 2.05) is 0 Å². The molecular formula is C9H9ClN2O. The van der Waals surface area contributed by atoms with Gasteiger partial charge in [0.05, 0.1) is 17.1 Å². The molecule has 0 aliphatic carbocycles. The molecule has 13 heavy (non-hydrogen) atoms. The number of nitrogens with two attached hydrogens (primary N) is 1. The molecule has 1 amide bonds. The Kier molecular flexibility index (Phi) is 1.70. The van der Waals surface area contributed by atoms with Gasteiger partial charge in [-0.05, 0) is 17.7 Å². The number of fused-ring (bicyclic) bond motifs is 1. The Morgan fingerprint density at radius 1 is 1.54 bits per heavy atom. The van der Waals surface area contributed by atoms with E-state index in [-0.39, 0.29) is 5.91 Å². The van der Waals surface area contributed by atoms with Crippen LogP contribution in [-0.4, -0.2) is 13.0 Å². The quantitative estimate of drug-likeness (QED) is 0.639. The molecule has 0 saturated heterocycles. The zero-order valence-electron chi connectivity index (χ0n) is 7.17. The minimum Gasteiger partial charge on any atom is -0.398 e. The van der Waals surface area contributed by atoms with E-state index in [0.29, 0.717) is 17.1 Å². The van der Waals surface area contributed by atoms with E-state index in [1.54, 1.807) is 24.1 Å². The van der Waals surface area contributed by atoms with E-state index in [0.717, 1.165) is 11.3 Å². The van der Waals surface area contributed by atoms with E-state index in [9.17, 15) is 4.79 Å². The molecule has 0 fully saturated rings. The van der Waals surface area contributed by atoms with Gasteiger partial charge in [0.15, 0.2) is 0 Å². The van der Waals surface area contributed by atoms with Gasteiger partial charge in [0.2, 0.25) is 5.91 Å². The molecule has 2 rings (SSSR count). The molecule has 0 aromatic heterocycles. The zero-order chi connectivity index (χ0) is 9.59. The Balaban J connectivity index is 2.59. The Labute approximate surface area is 81.1 Å². The van der Waals surface area contributed by atoms with Gasteiger partial charge in [-0.1, -0.05) is 11.6 Å². The van der Waals surface area contributed by atoms with Crippen molar-refractivity contribution in [1.29, 1.82) is 0 Å². The Morgan fingerprint density at radius 3 is 2.92 bits per heavy atom. The van der Waals surface area contributed by atoms with E-state index in [1.165, 1.54) is 0 Å². The lowest BCUT2D eigenvalue weighted by atomic mass is 10.1. The highest BCUT2D eigenvalue weighted by atomic mass is 35.5. The third kappa shape index (κ3) is 1.16. The maximum atomic E-state index is 11.3. The van der Waals surface area contributed by atoms with Crippen LogP contribution >= 0.6 is 11.6 Å². The predicted octanol–water partition coefficient (Wildman–Crippen LogP) is 1.44. The zero-order valence-corrected chi connectivity index (χ0v) is 7.93. The van der Waals surface area contributed by atoms with Gasteiger partial charge in [0.1, 0.15) is 0 Å². The average Bonchev–Trinajstić information content (AvgIpc) is 2.32. The molecule has 1 aliphatic rings. The molecule has 0 atom stereocenters. The van der Waals surface area contributed by atoms with Gasteiger partial charge in [-0.25, -0.2) is 0 Å². The van der Waals surface area contributed by atoms with Gasteiger partial charge in [0.25, 0.3) is 0 Å². The summed E-state index contributed by atoms with van der Waals surface area (Å²) in [6.45, 7) is 0. The van der Waals surface area contributed by atoms with E-state index >= 15 is 0 Å². The number of carbonyl (C=O) groups excluding carboxylic acids is 1. The van der Waals surface area contributed by atoms with Crippen LogP contribution in [0.4, 0.5) is 11.4 Å². The highest BCUT2D eigenvalue weighted by Gasteiger charge is 2.24. The van der Waals surface area contributed by atoms with Gasteiger partial charge in [-0.3, -0.25) is 4.79 Å². The van der Waals surface area contributed by atoms with Crippen molar-refractivity contribution >= 4 is 28.9 Å². The first-order chi connectivity index (χ1) is 6.09. The molecule has 0 unspecified atom stereocenters. The van der Waals surface area contributed by atoms with E-state index in [4.69, 9.17) is 17.3 Å². The van der Waals surface area contributed by atoms with E-state index < -0.39 is 0 Å². The van der Waals surface area contributed by atoms with Crippen molar-refractivity contribution in [2.75, 3.05) is 17.7 Å². The van der Waals surface area contributed by atoms with Crippen molar-refractivity contribution in [3.05, 3.63) is 22.7 Å². The average molecular weight is 197 g/mol. The summed E-state index contributed by atoms with van der Waals surface area (Å²) in [7, 11) is 1.74. The van der Waals surface area contributed by atoms with Gasteiger partial charge >= 0.3 is 0 Å². The van der Waals surface area contributed by atoms with Crippen LogP contribution in [0.25, 0.3) is 0 Å². The summed E-state index contributed by atoms with van der Waals surface area (Å²) in [5.74, 6) is 0.0802. The maximum Gasteiger partial charge on any atom is 0.231 e. The molecule has 1 heterocycles. The van der Waals surface area contributed by atoms with Crippen molar-refractivity contribution in [3.8, 4) is 0 Å². The first-order valence-electron chi connectivity index (χ1n) is 3.94. The summed E-state index contributed by atoms with van der Waals surface area (Å²) in [5, 5.41) is 0.500. The number of amides is 1. The molecule has 3 nitrogen and oxygen atoms in total.